The minimum absolute atomic E-state index is 0.00880. The third-order valence-corrected chi connectivity index (χ3v) is 3.26. The van der Waals surface area contributed by atoms with Crippen molar-refractivity contribution in [2.45, 2.75) is 6.92 Å². The van der Waals surface area contributed by atoms with E-state index in [1.54, 1.807) is 17.1 Å². The van der Waals surface area contributed by atoms with Gasteiger partial charge in [-0.25, -0.2) is 0 Å². The van der Waals surface area contributed by atoms with Crippen molar-refractivity contribution in [1.29, 1.82) is 0 Å². The highest BCUT2D eigenvalue weighted by molar-refractivity contribution is 9.10. The van der Waals surface area contributed by atoms with Crippen molar-refractivity contribution in [3.63, 3.8) is 0 Å². The van der Waals surface area contributed by atoms with Crippen LogP contribution >= 0.6 is 15.9 Å². The van der Waals surface area contributed by atoms with Crippen molar-refractivity contribution in [3.05, 3.63) is 59.1 Å². The number of rotatable bonds is 5. The minimum Gasteiger partial charge on any atom is -0.331 e. The van der Waals surface area contributed by atoms with Crippen LogP contribution in [0.3, 0.4) is 0 Å². The average molecular weight is 294 g/mol. The van der Waals surface area contributed by atoms with Crippen LogP contribution in [-0.2, 0) is 0 Å². The second-order valence-electron chi connectivity index (χ2n) is 3.75. The summed E-state index contributed by atoms with van der Waals surface area (Å²) in [5, 5.41) is 0. The molecule has 2 nitrogen and oxygen atoms in total. The number of nitrogens with zero attached hydrogens (tertiary/aromatic N) is 1. The van der Waals surface area contributed by atoms with Gasteiger partial charge < -0.3 is 4.90 Å². The Kier molecular flexibility index (Phi) is 5.16. The fourth-order valence-electron chi connectivity index (χ4n) is 1.46. The maximum absolute atomic E-state index is 12.2. The molecule has 0 aliphatic rings. The van der Waals surface area contributed by atoms with Crippen molar-refractivity contribution >= 4 is 21.8 Å². The monoisotopic (exact) mass is 293 g/mol. The van der Waals surface area contributed by atoms with Crippen molar-refractivity contribution < 1.29 is 4.79 Å². The Hall–Kier alpha value is -1.35. The molecule has 0 unspecified atom stereocenters. The molecule has 1 amide bonds. The van der Waals surface area contributed by atoms with E-state index in [0.717, 1.165) is 10.0 Å². The van der Waals surface area contributed by atoms with E-state index in [0.29, 0.717) is 18.7 Å². The molecule has 90 valence electrons. The first kappa shape index (κ1) is 13.7. The summed E-state index contributed by atoms with van der Waals surface area (Å²) in [5.41, 5.74) is 1.78. The first-order chi connectivity index (χ1) is 8.10. The fourth-order valence-corrected chi connectivity index (χ4v) is 1.84. The van der Waals surface area contributed by atoms with Crippen LogP contribution in [0, 0.1) is 6.92 Å². The molecule has 0 aliphatic heterocycles. The van der Waals surface area contributed by atoms with Gasteiger partial charge in [-0.2, -0.15) is 0 Å². The molecule has 0 saturated heterocycles. The van der Waals surface area contributed by atoms with E-state index >= 15 is 0 Å². The van der Waals surface area contributed by atoms with Crippen LogP contribution in [0.5, 0.6) is 0 Å². The van der Waals surface area contributed by atoms with Gasteiger partial charge in [-0.15, -0.1) is 13.2 Å². The van der Waals surface area contributed by atoms with Gasteiger partial charge in [0, 0.05) is 23.1 Å². The molecule has 0 aliphatic carbocycles. The smallest absolute Gasteiger partial charge is 0.254 e. The van der Waals surface area contributed by atoms with Gasteiger partial charge in [-0.1, -0.05) is 34.1 Å². The third-order valence-electron chi connectivity index (χ3n) is 2.40. The number of amides is 1. The number of aryl methyl sites for hydroxylation is 1. The van der Waals surface area contributed by atoms with Crippen LogP contribution in [0.15, 0.2) is 48.0 Å². The molecule has 0 radical (unpaired) electrons. The number of halogens is 1. The zero-order valence-electron chi connectivity index (χ0n) is 9.95. The SMILES string of the molecule is C=CCN(CC=C)C(=O)c1ccc(C)c(Br)c1. The normalized spacial score (nSPS) is 9.76. The second kappa shape index (κ2) is 6.40. The highest BCUT2D eigenvalue weighted by Crippen LogP contribution is 2.18. The van der Waals surface area contributed by atoms with Crippen molar-refractivity contribution in [2.75, 3.05) is 13.1 Å². The van der Waals surface area contributed by atoms with Crippen LogP contribution in [0.2, 0.25) is 0 Å². The van der Waals surface area contributed by atoms with Crippen LogP contribution < -0.4 is 0 Å². The zero-order chi connectivity index (χ0) is 12.8. The summed E-state index contributed by atoms with van der Waals surface area (Å²) in [4.78, 5) is 13.9. The summed E-state index contributed by atoms with van der Waals surface area (Å²) in [6.45, 7) is 10.3. The summed E-state index contributed by atoms with van der Waals surface area (Å²) in [5.74, 6) is -0.00880. The molecule has 0 saturated carbocycles. The molecule has 0 fully saturated rings. The lowest BCUT2D eigenvalue weighted by molar-refractivity contribution is 0.0791. The average Bonchev–Trinajstić information content (AvgIpc) is 2.31. The summed E-state index contributed by atoms with van der Waals surface area (Å²) in [6.07, 6.45) is 3.43. The maximum Gasteiger partial charge on any atom is 0.254 e. The van der Waals surface area contributed by atoms with Gasteiger partial charge in [0.1, 0.15) is 0 Å². The molecule has 3 heteroatoms. The molecule has 17 heavy (non-hydrogen) atoms. The lowest BCUT2D eigenvalue weighted by Gasteiger charge is -2.19. The molecular formula is C14H16BrNO. The molecule has 1 aromatic carbocycles. The summed E-state index contributed by atoms with van der Waals surface area (Å²) >= 11 is 3.43. The number of hydrogen-bond acceptors (Lipinski definition) is 1. The lowest BCUT2D eigenvalue weighted by atomic mass is 10.1. The Bertz CT molecular complexity index is 430. The Balaban J connectivity index is 2.95. The van der Waals surface area contributed by atoms with Crippen LogP contribution in [0.25, 0.3) is 0 Å². The molecule has 0 spiro atoms. The van der Waals surface area contributed by atoms with Gasteiger partial charge >= 0.3 is 0 Å². The van der Waals surface area contributed by atoms with Crippen molar-refractivity contribution in [3.8, 4) is 0 Å². The molecule has 0 atom stereocenters. The van der Waals surface area contributed by atoms with Gasteiger partial charge in [-0.3, -0.25) is 4.79 Å². The van der Waals surface area contributed by atoms with Crippen LogP contribution in [0.1, 0.15) is 15.9 Å². The van der Waals surface area contributed by atoms with Crippen molar-refractivity contribution in [1.82, 2.24) is 4.90 Å². The number of carbonyl (C=O) groups excluding carboxylic acids is 1. The summed E-state index contributed by atoms with van der Waals surface area (Å²) in [6, 6.07) is 5.61. The van der Waals surface area contributed by atoms with Gasteiger partial charge in [0.25, 0.3) is 5.91 Å². The lowest BCUT2D eigenvalue weighted by Crippen LogP contribution is -2.31. The number of carbonyl (C=O) groups is 1. The Morgan fingerprint density at radius 1 is 1.35 bits per heavy atom. The van der Waals surface area contributed by atoms with E-state index in [1.165, 1.54) is 0 Å². The van der Waals surface area contributed by atoms with E-state index in [1.807, 2.05) is 25.1 Å². The Morgan fingerprint density at radius 2 is 1.94 bits per heavy atom. The molecule has 1 aromatic rings. The standard InChI is InChI=1S/C14H16BrNO/c1-4-8-16(9-5-2)14(17)12-7-6-11(3)13(15)10-12/h4-7,10H,1-2,8-9H2,3H3. The molecule has 0 aromatic heterocycles. The number of benzene rings is 1. The largest absolute Gasteiger partial charge is 0.331 e. The van der Waals surface area contributed by atoms with Gasteiger partial charge in [0.15, 0.2) is 0 Å². The fraction of sp³-hybridized carbons (Fsp3) is 0.214. The van der Waals surface area contributed by atoms with Crippen LogP contribution in [-0.4, -0.2) is 23.9 Å². The van der Waals surface area contributed by atoms with E-state index in [-0.39, 0.29) is 5.91 Å². The highest BCUT2D eigenvalue weighted by Gasteiger charge is 2.13. The summed E-state index contributed by atoms with van der Waals surface area (Å²) in [7, 11) is 0. The molecule has 1 rings (SSSR count). The van der Waals surface area contributed by atoms with E-state index in [2.05, 4.69) is 29.1 Å². The van der Waals surface area contributed by atoms with Gasteiger partial charge in [0.2, 0.25) is 0 Å². The molecule has 0 N–H and O–H groups in total. The quantitative estimate of drug-likeness (QED) is 0.760. The zero-order valence-corrected chi connectivity index (χ0v) is 11.5. The van der Waals surface area contributed by atoms with Crippen LogP contribution in [0.4, 0.5) is 0 Å². The Labute approximate surface area is 111 Å². The first-order valence-electron chi connectivity index (χ1n) is 5.37. The first-order valence-corrected chi connectivity index (χ1v) is 6.16. The maximum atomic E-state index is 12.2. The number of hydrogen-bond donors (Lipinski definition) is 0. The van der Waals surface area contributed by atoms with E-state index in [9.17, 15) is 4.79 Å². The second-order valence-corrected chi connectivity index (χ2v) is 4.61. The highest BCUT2D eigenvalue weighted by atomic mass is 79.9. The van der Waals surface area contributed by atoms with Crippen molar-refractivity contribution in [2.24, 2.45) is 0 Å². The predicted octanol–water partition coefficient (Wildman–Crippen LogP) is 3.57. The molecule has 0 heterocycles. The van der Waals surface area contributed by atoms with Gasteiger partial charge in [-0.05, 0) is 24.6 Å². The third kappa shape index (κ3) is 3.56. The van der Waals surface area contributed by atoms with E-state index < -0.39 is 0 Å². The molecule has 0 bridgehead atoms. The van der Waals surface area contributed by atoms with Gasteiger partial charge in [0.05, 0.1) is 0 Å². The minimum atomic E-state index is -0.00880. The topological polar surface area (TPSA) is 20.3 Å². The predicted molar refractivity (Wildman–Crippen MR) is 75.2 cm³/mol. The van der Waals surface area contributed by atoms with E-state index in [4.69, 9.17) is 0 Å². The summed E-state index contributed by atoms with van der Waals surface area (Å²) < 4.78 is 0.945. The Morgan fingerprint density at radius 3 is 2.41 bits per heavy atom. The molecular weight excluding hydrogens is 278 g/mol.